The highest BCUT2D eigenvalue weighted by Crippen LogP contribution is 2.17. The Kier molecular flexibility index (Phi) is 3.75. The van der Waals surface area contributed by atoms with Crippen molar-refractivity contribution < 1.29 is 14.0 Å². The number of nitrogens with zero attached hydrogens (tertiary/aromatic N) is 1. The molecule has 0 bridgehead atoms. The van der Waals surface area contributed by atoms with Crippen molar-refractivity contribution in [3.63, 3.8) is 0 Å². The lowest BCUT2D eigenvalue weighted by Gasteiger charge is -2.15. The van der Waals surface area contributed by atoms with E-state index in [1.54, 1.807) is 23.1 Å². The molecule has 2 rings (SSSR count). The van der Waals surface area contributed by atoms with Crippen LogP contribution in [0.2, 0.25) is 0 Å². The first-order valence-corrected chi connectivity index (χ1v) is 6.09. The summed E-state index contributed by atoms with van der Waals surface area (Å²) in [4.78, 5) is 24.9. The Hall–Kier alpha value is -1.71. The van der Waals surface area contributed by atoms with Gasteiger partial charge in [0.25, 0.3) is 0 Å². The molecule has 1 aliphatic rings. The minimum atomic E-state index is -0.369. The van der Waals surface area contributed by atoms with E-state index < -0.39 is 0 Å². The second-order valence-electron chi connectivity index (χ2n) is 4.89. The molecule has 1 unspecified atom stereocenters. The van der Waals surface area contributed by atoms with Crippen LogP contribution < -0.4 is 0 Å². The van der Waals surface area contributed by atoms with Crippen LogP contribution in [0.4, 0.5) is 4.39 Å². The van der Waals surface area contributed by atoms with Crippen molar-refractivity contribution in [3.8, 4) is 0 Å². The van der Waals surface area contributed by atoms with Crippen molar-refractivity contribution in [1.82, 2.24) is 4.90 Å². The summed E-state index contributed by atoms with van der Waals surface area (Å²) < 4.78 is 13.4. The molecule has 0 radical (unpaired) electrons. The van der Waals surface area contributed by atoms with E-state index in [-0.39, 0.29) is 30.5 Å². The number of rotatable bonds is 4. The Labute approximate surface area is 106 Å². The fourth-order valence-corrected chi connectivity index (χ4v) is 2.25. The molecule has 0 aliphatic carbocycles. The van der Waals surface area contributed by atoms with Gasteiger partial charge in [0.1, 0.15) is 5.82 Å². The molecule has 1 heterocycles. The molecule has 0 N–H and O–H groups in total. The minimum absolute atomic E-state index is 0.0179. The Morgan fingerprint density at radius 3 is 2.78 bits per heavy atom. The maximum absolute atomic E-state index is 13.4. The Bertz CT molecular complexity index is 473. The van der Waals surface area contributed by atoms with Gasteiger partial charge >= 0.3 is 0 Å². The molecular weight excluding hydrogens is 233 g/mol. The van der Waals surface area contributed by atoms with Crippen LogP contribution >= 0.6 is 0 Å². The van der Waals surface area contributed by atoms with Crippen LogP contribution in [0.3, 0.4) is 0 Å². The van der Waals surface area contributed by atoms with Gasteiger partial charge in [-0.25, -0.2) is 4.39 Å². The van der Waals surface area contributed by atoms with Gasteiger partial charge < -0.3 is 4.90 Å². The largest absolute Gasteiger partial charge is 0.335 e. The van der Waals surface area contributed by atoms with Gasteiger partial charge in [0, 0.05) is 19.4 Å². The predicted octanol–water partition coefficient (Wildman–Crippen LogP) is 1.81. The average Bonchev–Trinajstić information content (AvgIpc) is 2.61. The highest BCUT2D eigenvalue weighted by molar-refractivity contribution is 5.88. The van der Waals surface area contributed by atoms with E-state index in [0.717, 1.165) is 0 Å². The fraction of sp³-hybridized carbons (Fsp3) is 0.429. The predicted molar refractivity (Wildman–Crippen MR) is 65.5 cm³/mol. The molecule has 3 nitrogen and oxygen atoms in total. The topological polar surface area (TPSA) is 37.4 Å². The van der Waals surface area contributed by atoms with Gasteiger partial charge in [0.05, 0.1) is 6.54 Å². The number of hydrogen-bond acceptors (Lipinski definition) is 2. The second-order valence-corrected chi connectivity index (χ2v) is 4.89. The lowest BCUT2D eigenvalue weighted by atomic mass is 10.1. The fourth-order valence-electron chi connectivity index (χ4n) is 2.25. The highest BCUT2D eigenvalue weighted by Gasteiger charge is 2.27. The van der Waals surface area contributed by atoms with E-state index >= 15 is 0 Å². The van der Waals surface area contributed by atoms with Crippen molar-refractivity contribution in [2.75, 3.05) is 13.1 Å². The summed E-state index contributed by atoms with van der Waals surface area (Å²) in [7, 11) is 0. The SMILES string of the molecule is CC1CC(=O)N(CC(=O)Cc2ccccc2F)C1. The average molecular weight is 249 g/mol. The van der Waals surface area contributed by atoms with Crippen molar-refractivity contribution in [3.05, 3.63) is 35.6 Å². The summed E-state index contributed by atoms with van der Waals surface area (Å²) in [5.74, 6) is -0.169. The van der Waals surface area contributed by atoms with Crippen molar-refractivity contribution in [2.24, 2.45) is 5.92 Å². The van der Waals surface area contributed by atoms with Crippen LogP contribution in [-0.4, -0.2) is 29.7 Å². The third-order valence-electron chi connectivity index (χ3n) is 3.12. The number of benzene rings is 1. The number of likely N-dealkylation sites (tertiary alicyclic amines) is 1. The van der Waals surface area contributed by atoms with E-state index in [0.29, 0.717) is 24.4 Å². The zero-order valence-electron chi connectivity index (χ0n) is 10.4. The number of amides is 1. The molecule has 0 aromatic heterocycles. The van der Waals surface area contributed by atoms with Gasteiger partial charge in [0.15, 0.2) is 5.78 Å². The molecule has 4 heteroatoms. The molecule has 18 heavy (non-hydrogen) atoms. The minimum Gasteiger partial charge on any atom is -0.335 e. The quantitative estimate of drug-likeness (QED) is 0.816. The first-order valence-electron chi connectivity index (χ1n) is 6.09. The zero-order chi connectivity index (χ0) is 13.1. The van der Waals surface area contributed by atoms with Crippen molar-refractivity contribution >= 4 is 11.7 Å². The Morgan fingerprint density at radius 1 is 1.44 bits per heavy atom. The summed E-state index contributed by atoms with van der Waals surface area (Å²) in [5, 5.41) is 0. The van der Waals surface area contributed by atoms with Gasteiger partial charge in [-0.05, 0) is 17.5 Å². The van der Waals surface area contributed by atoms with E-state index in [9.17, 15) is 14.0 Å². The summed E-state index contributed by atoms with van der Waals surface area (Å²) in [6, 6.07) is 6.23. The summed E-state index contributed by atoms with van der Waals surface area (Å²) in [6.45, 7) is 2.71. The number of Topliss-reactive ketones (excluding diaryl/α,β-unsaturated/α-hetero) is 1. The van der Waals surface area contributed by atoms with E-state index in [1.807, 2.05) is 6.92 Å². The Balaban J connectivity index is 1.94. The Morgan fingerprint density at radius 2 is 2.17 bits per heavy atom. The molecule has 96 valence electrons. The normalized spacial score (nSPS) is 19.3. The number of carbonyl (C=O) groups is 2. The maximum atomic E-state index is 13.4. The summed E-state index contributed by atoms with van der Waals surface area (Å²) in [5.41, 5.74) is 0.391. The molecule has 1 aromatic carbocycles. The van der Waals surface area contributed by atoms with Gasteiger partial charge in [-0.15, -0.1) is 0 Å². The number of ketones is 1. The molecule has 1 saturated heterocycles. The summed E-state index contributed by atoms with van der Waals surface area (Å²) in [6.07, 6.45) is 0.553. The zero-order valence-corrected chi connectivity index (χ0v) is 10.4. The molecule has 1 amide bonds. The first kappa shape index (κ1) is 12.7. The smallest absolute Gasteiger partial charge is 0.223 e. The van der Waals surface area contributed by atoms with Crippen LogP contribution in [0.5, 0.6) is 0 Å². The first-order chi connectivity index (χ1) is 8.56. The molecule has 1 aromatic rings. The van der Waals surface area contributed by atoms with Gasteiger partial charge in [-0.2, -0.15) is 0 Å². The van der Waals surface area contributed by atoms with Gasteiger partial charge in [-0.1, -0.05) is 25.1 Å². The molecule has 1 fully saturated rings. The molecule has 0 saturated carbocycles. The molecule has 0 spiro atoms. The molecular formula is C14H16FNO2. The second kappa shape index (κ2) is 5.29. The monoisotopic (exact) mass is 249 g/mol. The van der Waals surface area contributed by atoms with Crippen LogP contribution in [0, 0.1) is 11.7 Å². The van der Waals surface area contributed by atoms with Gasteiger partial charge in [0.2, 0.25) is 5.91 Å². The van der Waals surface area contributed by atoms with Crippen molar-refractivity contribution in [2.45, 2.75) is 19.8 Å². The summed E-state index contributed by atoms with van der Waals surface area (Å²) >= 11 is 0. The van der Waals surface area contributed by atoms with E-state index in [2.05, 4.69) is 0 Å². The molecule has 1 atom stereocenters. The third-order valence-corrected chi connectivity index (χ3v) is 3.12. The lowest BCUT2D eigenvalue weighted by Crippen LogP contribution is -2.32. The van der Waals surface area contributed by atoms with Crippen LogP contribution in [-0.2, 0) is 16.0 Å². The van der Waals surface area contributed by atoms with Gasteiger partial charge in [-0.3, -0.25) is 9.59 Å². The lowest BCUT2D eigenvalue weighted by molar-refractivity contribution is -0.132. The number of halogens is 1. The standard InChI is InChI=1S/C14H16FNO2/c1-10-6-14(18)16(8-10)9-12(17)7-11-4-2-3-5-13(11)15/h2-5,10H,6-9H2,1H3. The van der Waals surface area contributed by atoms with Crippen LogP contribution in [0.15, 0.2) is 24.3 Å². The number of hydrogen-bond donors (Lipinski definition) is 0. The van der Waals surface area contributed by atoms with Crippen molar-refractivity contribution in [1.29, 1.82) is 0 Å². The highest BCUT2D eigenvalue weighted by atomic mass is 19.1. The maximum Gasteiger partial charge on any atom is 0.223 e. The van der Waals surface area contributed by atoms with E-state index in [4.69, 9.17) is 0 Å². The molecule has 1 aliphatic heterocycles. The number of carbonyl (C=O) groups excluding carboxylic acids is 2. The third kappa shape index (κ3) is 2.94. The van der Waals surface area contributed by atoms with Crippen LogP contribution in [0.25, 0.3) is 0 Å². The van der Waals surface area contributed by atoms with Crippen LogP contribution in [0.1, 0.15) is 18.9 Å². The van der Waals surface area contributed by atoms with E-state index in [1.165, 1.54) is 6.07 Å².